The summed E-state index contributed by atoms with van der Waals surface area (Å²) in [6.07, 6.45) is -4.55. The molecule has 0 spiro atoms. The van der Waals surface area contributed by atoms with E-state index in [1.54, 1.807) is 6.92 Å². The monoisotopic (exact) mass is 442 g/mol. The molecular weight excluding hydrogens is 424 g/mol. The number of aromatic nitrogens is 4. The number of alkyl halides is 4. The van der Waals surface area contributed by atoms with Crippen molar-refractivity contribution in [2.24, 2.45) is 0 Å². The molecule has 0 bridgehead atoms. The van der Waals surface area contributed by atoms with Gasteiger partial charge in [0.25, 0.3) is 24.7 Å². The smallest absolute Gasteiger partial charge is 0.291 e. The van der Waals surface area contributed by atoms with E-state index in [4.69, 9.17) is 4.42 Å². The number of rotatable bonds is 8. The highest BCUT2D eigenvalue weighted by atomic mass is 19.3. The molecule has 0 unspecified atom stereocenters. The zero-order valence-corrected chi connectivity index (χ0v) is 16.4. The first-order valence-electron chi connectivity index (χ1n) is 9.07. The Morgan fingerprint density at radius 3 is 2.48 bits per heavy atom. The lowest BCUT2D eigenvalue weighted by Gasteiger charge is -2.05. The minimum Gasteiger partial charge on any atom is -0.454 e. The second kappa shape index (κ2) is 9.02. The maximum atomic E-state index is 13.1. The number of amides is 2. The van der Waals surface area contributed by atoms with Crippen LogP contribution >= 0.6 is 0 Å². The van der Waals surface area contributed by atoms with Crippen LogP contribution < -0.4 is 10.6 Å². The zero-order chi connectivity index (χ0) is 22.7. The molecule has 13 heteroatoms. The molecule has 0 aliphatic heterocycles. The zero-order valence-electron chi connectivity index (χ0n) is 16.4. The number of anilines is 1. The molecule has 0 aliphatic carbocycles. The Morgan fingerprint density at radius 1 is 1.13 bits per heavy atom. The molecular formula is C18H18F4N6O3. The van der Waals surface area contributed by atoms with E-state index in [0.717, 1.165) is 0 Å². The Bertz CT molecular complexity index is 1090. The van der Waals surface area contributed by atoms with Crippen molar-refractivity contribution in [1.82, 2.24) is 24.9 Å². The van der Waals surface area contributed by atoms with Gasteiger partial charge in [-0.05, 0) is 25.1 Å². The summed E-state index contributed by atoms with van der Waals surface area (Å²) in [6.45, 7) is 1.88. The molecule has 31 heavy (non-hydrogen) atoms. The topological polar surface area (TPSA) is 107 Å². The van der Waals surface area contributed by atoms with E-state index < -0.39 is 36.1 Å². The quantitative estimate of drug-likeness (QED) is 0.521. The Hall–Kier alpha value is -3.64. The summed E-state index contributed by atoms with van der Waals surface area (Å²) in [5, 5.41) is 12.5. The fourth-order valence-electron chi connectivity index (χ4n) is 2.74. The van der Waals surface area contributed by atoms with Crippen molar-refractivity contribution in [1.29, 1.82) is 0 Å². The molecule has 0 aliphatic rings. The molecule has 3 aromatic rings. The van der Waals surface area contributed by atoms with Gasteiger partial charge in [0.2, 0.25) is 0 Å². The number of furan rings is 1. The number of hydrogen-bond donors (Lipinski definition) is 2. The molecule has 166 valence electrons. The molecule has 9 nitrogen and oxygen atoms in total. The summed E-state index contributed by atoms with van der Waals surface area (Å²) in [5.74, 6) is -1.35. The molecule has 2 amide bonds. The molecule has 2 N–H and O–H groups in total. The highest BCUT2D eigenvalue weighted by Gasteiger charge is 2.23. The molecule has 0 radical (unpaired) electrons. The van der Waals surface area contributed by atoms with Crippen LogP contribution in [0.3, 0.4) is 0 Å². The first-order valence-corrected chi connectivity index (χ1v) is 9.07. The van der Waals surface area contributed by atoms with Crippen molar-refractivity contribution in [3.63, 3.8) is 0 Å². The van der Waals surface area contributed by atoms with Crippen molar-refractivity contribution in [2.75, 3.05) is 12.4 Å². The van der Waals surface area contributed by atoms with Gasteiger partial charge in [0.15, 0.2) is 11.5 Å². The molecule has 3 heterocycles. The van der Waals surface area contributed by atoms with Gasteiger partial charge in [0, 0.05) is 19.8 Å². The first-order chi connectivity index (χ1) is 14.7. The van der Waals surface area contributed by atoms with Crippen molar-refractivity contribution in [2.45, 2.75) is 32.9 Å². The molecule has 3 aromatic heterocycles. The summed E-state index contributed by atoms with van der Waals surface area (Å²) in [7, 11) is 1.42. The van der Waals surface area contributed by atoms with E-state index in [0.29, 0.717) is 17.3 Å². The highest BCUT2D eigenvalue weighted by Crippen LogP contribution is 2.26. The van der Waals surface area contributed by atoms with Gasteiger partial charge < -0.3 is 15.1 Å². The third-order valence-corrected chi connectivity index (χ3v) is 4.24. The van der Waals surface area contributed by atoms with Gasteiger partial charge in [0.1, 0.15) is 17.1 Å². The van der Waals surface area contributed by atoms with E-state index in [-0.39, 0.29) is 29.4 Å². The molecule has 0 saturated carbocycles. The Labute approximate surface area is 173 Å². The SMILES string of the molecule is CCn1cc(NC(=O)c2ccc(Cn3nc(C(F)F)cc3C(F)F)o2)c(C(=O)NC)n1. The lowest BCUT2D eigenvalue weighted by atomic mass is 10.3. The third kappa shape index (κ3) is 4.75. The van der Waals surface area contributed by atoms with Gasteiger partial charge in [-0.25, -0.2) is 17.6 Å². The molecule has 0 saturated heterocycles. The predicted molar refractivity (Wildman–Crippen MR) is 99.2 cm³/mol. The fourth-order valence-corrected chi connectivity index (χ4v) is 2.74. The van der Waals surface area contributed by atoms with E-state index in [1.165, 1.54) is 30.1 Å². The highest BCUT2D eigenvalue weighted by molar-refractivity contribution is 6.06. The number of carbonyl (C=O) groups excluding carboxylic acids is 2. The van der Waals surface area contributed by atoms with Gasteiger partial charge in [-0.2, -0.15) is 10.2 Å². The third-order valence-electron chi connectivity index (χ3n) is 4.24. The standard InChI is InChI=1S/C18H18F4N6O3/c1-3-27-8-11(14(26-27)18(30)23-2)24-17(29)13-5-4-9(31-13)7-28-12(16(21)22)6-10(25-28)15(19)20/h4-6,8,15-16H,3,7H2,1-2H3,(H,23,30)(H,24,29). The van der Waals surface area contributed by atoms with E-state index in [2.05, 4.69) is 20.8 Å². The van der Waals surface area contributed by atoms with Crippen molar-refractivity contribution in [3.8, 4) is 0 Å². The first kappa shape index (κ1) is 22.1. The normalized spacial score (nSPS) is 11.4. The Morgan fingerprint density at radius 2 is 1.87 bits per heavy atom. The van der Waals surface area contributed by atoms with Crippen molar-refractivity contribution >= 4 is 17.5 Å². The number of hydrogen-bond acceptors (Lipinski definition) is 5. The molecule has 0 fully saturated rings. The molecule has 0 aromatic carbocycles. The second-order valence-electron chi connectivity index (χ2n) is 6.30. The van der Waals surface area contributed by atoms with Crippen LogP contribution in [-0.2, 0) is 13.1 Å². The van der Waals surface area contributed by atoms with Crippen LogP contribution in [0.1, 0.15) is 58.0 Å². The van der Waals surface area contributed by atoms with E-state index in [1.807, 2.05) is 0 Å². The van der Waals surface area contributed by atoms with Gasteiger partial charge in [0.05, 0.1) is 12.2 Å². The maximum absolute atomic E-state index is 13.1. The van der Waals surface area contributed by atoms with Crippen LogP contribution in [-0.4, -0.2) is 38.4 Å². The lowest BCUT2D eigenvalue weighted by Crippen LogP contribution is -2.21. The Kier molecular flexibility index (Phi) is 6.42. The minimum absolute atomic E-state index is 0.00197. The summed E-state index contributed by atoms with van der Waals surface area (Å²) >= 11 is 0. The molecule has 3 rings (SSSR count). The summed E-state index contributed by atoms with van der Waals surface area (Å²) in [6, 6.07) is 3.24. The van der Waals surface area contributed by atoms with Gasteiger partial charge in [-0.1, -0.05) is 0 Å². The van der Waals surface area contributed by atoms with Gasteiger partial charge in [-0.15, -0.1) is 0 Å². The largest absolute Gasteiger partial charge is 0.454 e. The van der Waals surface area contributed by atoms with Crippen molar-refractivity contribution < 1.29 is 31.6 Å². The number of nitrogens with one attached hydrogen (secondary N) is 2. The average Bonchev–Trinajstić information content (AvgIpc) is 3.45. The van der Waals surface area contributed by atoms with Crippen LogP contribution in [0, 0.1) is 0 Å². The van der Waals surface area contributed by atoms with Crippen LogP contribution in [0.15, 0.2) is 28.8 Å². The van der Waals surface area contributed by atoms with Gasteiger partial charge in [-0.3, -0.25) is 19.0 Å². The van der Waals surface area contributed by atoms with Crippen molar-refractivity contribution in [3.05, 3.63) is 53.0 Å². The van der Waals surface area contributed by atoms with Gasteiger partial charge >= 0.3 is 0 Å². The number of nitrogens with zero attached hydrogens (tertiary/aromatic N) is 4. The Balaban J connectivity index is 1.78. The predicted octanol–water partition coefficient (Wildman–Crippen LogP) is 3.23. The van der Waals surface area contributed by atoms with Crippen LogP contribution in [0.5, 0.6) is 0 Å². The van der Waals surface area contributed by atoms with Crippen LogP contribution in [0.25, 0.3) is 0 Å². The van der Waals surface area contributed by atoms with Crippen LogP contribution in [0.2, 0.25) is 0 Å². The van der Waals surface area contributed by atoms with Crippen LogP contribution in [0.4, 0.5) is 23.2 Å². The number of halogens is 4. The number of carbonyl (C=O) groups is 2. The lowest BCUT2D eigenvalue weighted by molar-refractivity contribution is 0.0958. The van der Waals surface area contributed by atoms with E-state index in [9.17, 15) is 27.2 Å². The maximum Gasteiger partial charge on any atom is 0.291 e. The average molecular weight is 442 g/mol. The van der Waals surface area contributed by atoms with E-state index >= 15 is 0 Å². The summed E-state index contributed by atoms with van der Waals surface area (Å²) in [4.78, 5) is 24.4. The summed E-state index contributed by atoms with van der Waals surface area (Å²) < 4.78 is 59.3. The fraction of sp³-hybridized carbons (Fsp3) is 0.333. The number of aryl methyl sites for hydroxylation is 1. The molecule has 0 atom stereocenters. The summed E-state index contributed by atoms with van der Waals surface area (Å²) in [5.41, 5.74) is -1.32. The second-order valence-corrected chi connectivity index (χ2v) is 6.30. The minimum atomic E-state index is -3.02.